The Morgan fingerprint density at radius 3 is 2.52 bits per heavy atom. The third-order valence-corrected chi connectivity index (χ3v) is 3.53. The summed E-state index contributed by atoms with van der Waals surface area (Å²) >= 11 is 0. The van der Waals surface area contributed by atoms with Crippen LogP contribution in [-0.2, 0) is 18.4 Å². The Labute approximate surface area is 124 Å². The van der Waals surface area contributed by atoms with Crippen LogP contribution in [0.15, 0.2) is 0 Å². The van der Waals surface area contributed by atoms with Crippen molar-refractivity contribution in [1.29, 1.82) is 0 Å². The summed E-state index contributed by atoms with van der Waals surface area (Å²) in [6.07, 6.45) is 2.09. The van der Waals surface area contributed by atoms with Gasteiger partial charge in [0.15, 0.2) is 0 Å². The average Bonchev–Trinajstić information content (AvgIpc) is 2.66. The number of aryl methyl sites for hydroxylation is 2. The summed E-state index contributed by atoms with van der Waals surface area (Å²) in [5.41, 5.74) is 2.79. The minimum absolute atomic E-state index is 0.331. The molecule has 0 aliphatic rings. The zero-order valence-corrected chi connectivity index (χ0v) is 13.1. The molecule has 0 unspecified atom stereocenters. The fourth-order valence-electron chi connectivity index (χ4n) is 2.12. The van der Waals surface area contributed by atoms with E-state index in [-0.39, 0.29) is 0 Å². The van der Waals surface area contributed by atoms with Gasteiger partial charge in [0.25, 0.3) is 0 Å². The first-order valence-electron chi connectivity index (χ1n) is 7.13. The minimum atomic E-state index is -1.01. The van der Waals surface area contributed by atoms with E-state index in [0.717, 1.165) is 29.8 Å². The number of hydrogen-bond acceptors (Lipinski definition) is 3. The van der Waals surface area contributed by atoms with Gasteiger partial charge in [-0.3, -0.25) is 4.68 Å². The van der Waals surface area contributed by atoms with Gasteiger partial charge in [0, 0.05) is 24.8 Å². The number of hydrogen-bond donors (Lipinski definition) is 3. The summed E-state index contributed by atoms with van der Waals surface area (Å²) in [6, 6.07) is -1.32. The van der Waals surface area contributed by atoms with Gasteiger partial charge in [-0.05, 0) is 20.3 Å². The number of rotatable bonds is 7. The van der Waals surface area contributed by atoms with Gasteiger partial charge >= 0.3 is 12.0 Å². The Bertz CT molecular complexity index is 511. The van der Waals surface area contributed by atoms with Gasteiger partial charge in [0.1, 0.15) is 6.04 Å². The van der Waals surface area contributed by atoms with E-state index in [2.05, 4.69) is 15.7 Å². The van der Waals surface area contributed by atoms with E-state index in [0.29, 0.717) is 13.0 Å². The molecule has 0 saturated heterocycles. The lowest BCUT2D eigenvalue weighted by Gasteiger charge is -2.14. The number of carboxylic acid groups (broad SMARTS) is 1. The van der Waals surface area contributed by atoms with E-state index in [1.807, 2.05) is 27.8 Å². The maximum atomic E-state index is 11.8. The molecule has 1 heterocycles. The van der Waals surface area contributed by atoms with E-state index in [1.54, 1.807) is 4.68 Å². The number of unbranched alkanes of at least 4 members (excludes halogenated alkanes) is 1. The normalized spacial score (nSPS) is 12.0. The second-order valence-corrected chi connectivity index (χ2v) is 5.13. The lowest BCUT2D eigenvalue weighted by Crippen LogP contribution is -2.45. The van der Waals surface area contributed by atoms with Crippen LogP contribution in [0.5, 0.6) is 0 Å². The predicted molar refractivity (Wildman–Crippen MR) is 79.0 cm³/mol. The third-order valence-electron chi connectivity index (χ3n) is 3.53. The number of carbonyl (C=O) groups excluding carboxylic acids is 1. The lowest BCUT2D eigenvalue weighted by molar-refractivity contribution is -0.139. The first kappa shape index (κ1) is 17.0. The number of carbonyl (C=O) groups is 2. The molecule has 0 bridgehead atoms. The molecule has 1 aromatic rings. The molecule has 0 saturated carbocycles. The Hall–Kier alpha value is -2.05. The van der Waals surface area contributed by atoms with Crippen LogP contribution in [0.3, 0.4) is 0 Å². The molecular weight excluding hydrogens is 272 g/mol. The number of nitrogens with one attached hydrogen (secondary N) is 2. The van der Waals surface area contributed by atoms with Gasteiger partial charge in [0.05, 0.1) is 5.69 Å². The zero-order chi connectivity index (χ0) is 16.0. The predicted octanol–water partition coefficient (Wildman–Crippen LogP) is 1.48. The van der Waals surface area contributed by atoms with Crippen LogP contribution in [0.4, 0.5) is 4.79 Å². The third kappa shape index (κ3) is 4.77. The SMILES string of the molecule is CCCC[C@H](NC(=O)NCc1c(C)nn(C)c1C)C(=O)O. The molecule has 7 nitrogen and oxygen atoms in total. The topological polar surface area (TPSA) is 96.3 Å². The van der Waals surface area contributed by atoms with Crippen molar-refractivity contribution in [2.24, 2.45) is 7.05 Å². The molecule has 0 aromatic carbocycles. The van der Waals surface area contributed by atoms with Crippen LogP contribution in [0.2, 0.25) is 0 Å². The number of aromatic nitrogens is 2. The molecule has 0 fully saturated rings. The average molecular weight is 296 g/mol. The van der Waals surface area contributed by atoms with Crippen LogP contribution in [-0.4, -0.2) is 32.9 Å². The summed E-state index contributed by atoms with van der Waals surface area (Å²) in [4.78, 5) is 22.9. The van der Waals surface area contributed by atoms with E-state index in [9.17, 15) is 9.59 Å². The van der Waals surface area contributed by atoms with E-state index < -0.39 is 18.0 Å². The molecule has 0 spiro atoms. The zero-order valence-electron chi connectivity index (χ0n) is 13.1. The van der Waals surface area contributed by atoms with E-state index >= 15 is 0 Å². The van der Waals surface area contributed by atoms with Crippen molar-refractivity contribution in [3.63, 3.8) is 0 Å². The summed E-state index contributed by atoms with van der Waals surface area (Å²) < 4.78 is 1.76. The number of carboxylic acids is 1. The van der Waals surface area contributed by atoms with E-state index in [4.69, 9.17) is 5.11 Å². The second-order valence-electron chi connectivity index (χ2n) is 5.13. The molecule has 1 rings (SSSR count). The number of nitrogens with zero attached hydrogens (tertiary/aromatic N) is 2. The molecule has 7 heteroatoms. The minimum Gasteiger partial charge on any atom is -0.480 e. The highest BCUT2D eigenvalue weighted by atomic mass is 16.4. The van der Waals surface area contributed by atoms with Crippen molar-refractivity contribution in [1.82, 2.24) is 20.4 Å². The molecule has 0 radical (unpaired) electrons. The van der Waals surface area contributed by atoms with Crippen LogP contribution in [0.25, 0.3) is 0 Å². The van der Waals surface area contributed by atoms with E-state index in [1.165, 1.54) is 0 Å². The molecule has 118 valence electrons. The summed E-state index contributed by atoms with van der Waals surface area (Å²) in [5, 5.41) is 18.5. The fourth-order valence-corrected chi connectivity index (χ4v) is 2.12. The standard InChI is InChI=1S/C14H24N4O3/c1-5-6-7-12(13(19)20)16-14(21)15-8-11-9(2)17-18(4)10(11)3/h12H,5-8H2,1-4H3,(H,19,20)(H2,15,16,21)/t12-/m0/s1. The smallest absolute Gasteiger partial charge is 0.326 e. The number of aliphatic carboxylic acids is 1. The van der Waals surface area contributed by atoms with Gasteiger partial charge < -0.3 is 15.7 Å². The highest BCUT2D eigenvalue weighted by molar-refractivity contribution is 5.82. The van der Waals surface area contributed by atoms with Crippen molar-refractivity contribution < 1.29 is 14.7 Å². The van der Waals surface area contributed by atoms with Gasteiger partial charge in [-0.15, -0.1) is 0 Å². The Morgan fingerprint density at radius 2 is 2.05 bits per heavy atom. The van der Waals surface area contributed by atoms with Crippen molar-refractivity contribution in [3.05, 3.63) is 17.0 Å². The monoisotopic (exact) mass is 296 g/mol. The van der Waals surface area contributed by atoms with Crippen molar-refractivity contribution in [3.8, 4) is 0 Å². The Balaban J connectivity index is 2.54. The van der Waals surface area contributed by atoms with Crippen molar-refractivity contribution in [2.75, 3.05) is 0 Å². The highest BCUT2D eigenvalue weighted by Gasteiger charge is 2.19. The van der Waals surface area contributed by atoms with Gasteiger partial charge in [0.2, 0.25) is 0 Å². The molecule has 0 aliphatic heterocycles. The quantitative estimate of drug-likeness (QED) is 0.710. The van der Waals surface area contributed by atoms with Gasteiger partial charge in [-0.1, -0.05) is 19.8 Å². The molecule has 2 amide bonds. The Morgan fingerprint density at radius 1 is 1.38 bits per heavy atom. The Kier molecular flexibility index (Phi) is 6.20. The maximum absolute atomic E-state index is 11.8. The van der Waals surface area contributed by atoms with Crippen LogP contribution in [0, 0.1) is 13.8 Å². The lowest BCUT2D eigenvalue weighted by atomic mass is 10.1. The molecule has 3 N–H and O–H groups in total. The first-order valence-corrected chi connectivity index (χ1v) is 7.13. The maximum Gasteiger partial charge on any atom is 0.326 e. The largest absolute Gasteiger partial charge is 0.480 e. The fraction of sp³-hybridized carbons (Fsp3) is 0.643. The summed E-state index contributed by atoms with van der Waals surface area (Å²) in [6.45, 7) is 6.11. The number of amides is 2. The highest BCUT2D eigenvalue weighted by Crippen LogP contribution is 2.11. The first-order chi connectivity index (χ1) is 9.86. The van der Waals surface area contributed by atoms with Gasteiger partial charge in [-0.25, -0.2) is 9.59 Å². The van der Waals surface area contributed by atoms with Crippen molar-refractivity contribution in [2.45, 2.75) is 52.6 Å². The van der Waals surface area contributed by atoms with Crippen LogP contribution >= 0.6 is 0 Å². The molecule has 21 heavy (non-hydrogen) atoms. The molecule has 1 atom stereocenters. The second kappa shape index (κ2) is 7.66. The van der Waals surface area contributed by atoms with Crippen molar-refractivity contribution >= 4 is 12.0 Å². The number of urea groups is 1. The van der Waals surface area contributed by atoms with Crippen LogP contribution < -0.4 is 10.6 Å². The molecule has 0 aliphatic carbocycles. The molecular formula is C14H24N4O3. The van der Waals surface area contributed by atoms with Gasteiger partial charge in [-0.2, -0.15) is 5.10 Å². The van der Waals surface area contributed by atoms with Crippen LogP contribution in [0.1, 0.15) is 43.1 Å². The summed E-state index contributed by atoms with van der Waals surface area (Å²) in [5.74, 6) is -1.01. The summed E-state index contributed by atoms with van der Waals surface area (Å²) in [7, 11) is 1.84. The molecule has 1 aromatic heterocycles.